The topological polar surface area (TPSA) is 48.5 Å². The highest BCUT2D eigenvalue weighted by atomic mass is 19.2. The molecule has 2 aromatic carbocycles. The third-order valence-corrected chi connectivity index (χ3v) is 5.94. The SMILES string of the molecule is Cc1cn(-c2ccc(/C=C/c3nc4n(n3)CCC[C@H]4c3cc(F)c(F)c(F)c3)cc2C)cn1. The Labute approximate surface area is 189 Å². The molecule has 0 saturated heterocycles. The lowest BCUT2D eigenvalue weighted by Crippen LogP contribution is -2.18. The van der Waals surface area contributed by atoms with E-state index < -0.39 is 17.5 Å². The zero-order valence-corrected chi connectivity index (χ0v) is 18.3. The summed E-state index contributed by atoms with van der Waals surface area (Å²) in [5.41, 5.74) is 4.49. The molecule has 2 aromatic heterocycles. The minimum atomic E-state index is -1.45. The highest BCUT2D eigenvalue weighted by Gasteiger charge is 2.27. The third-order valence-electron chi connectivity index (χ3n) is 5.94. The fourth-order valence-corrected chi connectivity index (χ4v) is 4.33. The molecule has 33 heavy (non-hydrogen) atoms. The summed E-state index contributed by atoms with van der Waals surface area (Å²) in [6.45, 7) is 4.67. The maximum atomic E-state index is 13.8. The lowest BCUT2D eigenvalue weighted by atomic mass is 9.91. The molecule has 0 saturated carbocycles. The van der Waals surface area contributed by atoms with E-state index in [0.717, 1.165) is 41.1 Å². The molecule has 1 atom stereocenters. The first kappa shape index (κ1) is 21.2. The van der Waals surface area contributed by atoms with Gasteiger partial charge in [-0.1, -0.05) is 12.1 Å². The van der Waals surface area contributed by atoms with Crippen LogP contribution in [0.5, 0.6) is 0 Å². The summed E-state index contributed by atoms with van der Waals surface area (Å²) in [6, 6.07) is 8.22. The Kier molecular flexibility index (Phi) is 5.36. The van der Waals surface area contributed by atoms with Gasteiger partial charge < -0.3 is 4.57 Å². The molecule has 0 bridgehead atoms. The second-order valence-corrected chi connectivity index (χ2v) is 8.35. The zero-order valence-electron chi connectivity index (χ0n) is 18.3. The maximum Gasteiger partial charge on any atom is 0.194 e. The van der Waals surface area contributed by atoms with Crippen LogP contribution in [0, 0.1) is 31.3 Å². The number of nitrogens with zero attached hydrogens (tertiary/aromatic N) is 5. The second kappa shape index (κ2) is 8.35. The van der Waals surface area contributed by atoms with Crippen molar-refractivity contribution in [1.29, 1.82) is 0 Å². The van der Waals surface area contributed by atoms with Crippen molar-refractivity contribution < 1.29 is 13.2 Å². The Morgan fingerprint density at radius 1 is 1.03 bits per heavy atom. The molecule has 1 aliphatic rings. The van der Waals surface area contributed by atoms with E-state index >= 15 is 0 Å². The lowest BCUT2D eigenvalue weighted by molar-refractivity contribution is 0.427. The van der Waals surface area contributed by atoms with Crippen LogP contribution in [0.1, 0.15) is 52.8 Å². The zero-order chi connectivity index (χ0) is 23.1. The van der Waals surface area contributed by atoms with E-state index in [4.69, 9.17) is 0 Å². The summed E-state index contributed by atoms with van der Waals surface area (Å²) in [6.07, 6.45) is 8.99. The highest BCUT2D eigenvalue weighted by Crippen LogP contribution is 2.33. The first-order chi connectivity index (χ1) is 15.9. The normalized spacial score (nSPS) is 15.8. The van der Waals surface area contributed by atoms with Crippen LogP contribution in [0.15, 0.2) is 42.9 Å². The quantitative estimate of drug-likeness (QED) is 0.382. The van der Waals surface area contributed by atoms with Crippen LogP contribution in [0.25, 0.3) is 17.8 Å². The summed E-state index contributed by atoms with van der Waals surface area (Å²) in [4.78, 5) is 8.89. The Balaban J connectivity index is 1.40. The lowest BCUT2D eigenvalue weighted by Gasteiger charge is -2.22. The Morgan fingerprint density at radius 2 is 1.82 bits per heavy atom. The molecule has 0 amide bonds. The summed E-state index contributed by atoms with van der Waals surface area (Å²) in [5.74, 6) is -3.01. The van der Waals surface area contributed by atoms with E-state index in [9.17, 15) is 13.2 Å². The van der Waals surface area contributed by atoms with Crippen molar-refractivity contribution in [2.75, 3.05) is 0 Å². The van der Waals surface area contributed by atoms with Crippen LogP contribution in [0.3, 0.4) is 0 Å². The van der Waals surface area contributed by atoms with E-state index in [1.165, 1.54) is 0 Å². The minimum absolute atomic E-state index is 0.335. The van der Waals surface area contributed by atoms with Crippen molar-refractivity contribution in [1.82, 2.24) is 24.3 Å². The third kappa shape index (κ3) is 4.08. The van der Waals surface area contributed by atoms with Crippen molar-refractivity contribution in [3.63, 3.8) is 0 Å². The molecule has 8 heteroatoms. The van der Waals surface area contributed by atoms with Crippen molar-refractivity contribution in [2.24, 2.45) is 0 Å². The highest BCUT2D eigenvalue weighted by molar-refractivity contribution is 5.68. The standard InChI is InChI=1S/C25H22F3N5/c1-15-10-17(5-7-22(15)32-13-16(2)29-14-32)6-8-23-30-25-19(4-3-9-33(25)31-23)18-11-20(26)24(28)21(27)12-18/h5-8,10-14,19H,3-4,9H2,1-2H3/b8-6+/t19-/m0/s1. The molecule has 0 unspecified atom stereocenters. The van der Waals surface area contributed by atoms with Crippen LogP contribution < -0.4 is 0 Å². The molecular formula is C25H22F3N5. The van der Waals surface area contributed by atoms with Crippen molar-refractivity contribution in [3.05, 3.63) is 94.3 Å². The van der Waals surface area contributed by atoms with Crippen molar-refractivity contribution in [3.8, 4) is 5.69 Å². The summed E-state index contributed by atoms with van der Waals surface area (Å²) in [7, 11) is 0. The van der Waals surface area contributed by atoms with Gasteiger partial charge in [-0.2, -0.15) is 5.10 Å². The molecular weight excluding hydrogens is 427 g/mol. The number of hydrogen-bond acceptors (Lipinski definition) is 3. The molecule has 0 fully saturated rings. The minimum Gasteiger partial charge on any atom is -0.306 e. The van der Waals surface area contributed by atoms with Gasteiger partial charge in [0.1, 0.15) is 5.82 Å². The van der Waals surface area contributed by atoms with Gasteiger partial charge in [0.25, 0.3) is 0 Å². The predicted octanol–water partition coefficient (Wildman–Crippen LogP) is 5.59. The summed E-state index contributed by atoms with van der Waals surface area (Å²) in [5, 5.41) is 4.54. The van der Waals surface area contributed by atoms with E-state index in [0.29, 0.717) is 30.2 Å². The maximum absolute atomic E-state index is 13.8. The van der Waals surface area contributed by atoms with Gasteiger partial charge in [-0.3, -0.25) is 0 Å². The molecule has 5 nitrogen and oxygen atoms in total. The van der Waals surface area contributed by atoms with Crippen LogP contribution in [-0.4, -0.2) is 24.3 Å². The molecule has 1 aliphatic heterocycles. The fraction of sp³-hybridized carbons (Fsp3) is 0.240. The fourth-order valence-electron chi connectivity index (χ4n) is 4.33. The van der Waals surface area contributed by atoms with Gasteiger partial charge in [0.05, 0.1) is 12.0 Å². The number of rotatable bonds is 4. The number of fused-ring (bicyclic) bond motifs is 1. The summed E-state index contributed by atoms with van der Waals surface area (Å²) < 4.78 is 44.7. The number of hydrogen-bond donors (Lipinski definition) is 0. The van der Waals surface area contributed by atoms with Gasteiger partial charge in [-0.05, 0) is 73.7 Å². The van der Waals surface area contributed by atoms with Gasteiger partial charge in [0.15, 0.2) is 23.3 Å². The van der Waals surface area contributed by atoms with Crippen LogP contribution in [0.2, 0.25) is 0 Å². The molecule has 3 heterocycles. The van der Waals surface area contributed by atoms with Gasteiger partial charge in [-0.25, -0.2) is 27.8 Å². The number of benzene rings is 2. The number of aromatic nitrogens is 5. The van der Waals surface area contributed by atoms with E-state index in [1.807, 2.05) is 48.9 Å². The number of halogens is 3. The van der Waals surface area contributed by atoms with Gasteiger partial charge in [0.2, 0.25) is 0 Å². The predicted molar refractivity (Wildman–Crippen MR) is 119 cm³/mol. The Hall–Kier alpha value is -3.68. The Bertz CT molecular complexity index is 1350. The first-order valence-electron chi connectivity index (χ1n) is 10.8. The molecule has 0 radical (unpaired) electrons. The van der Waals surface area contributed by atoms with E-state index in [2.05, 4.69) is 21.1 Å². The van der Waals surface area contributed by atoms with Crippen LogP contribution >= 0.6 is 0 Å². The van der Waals surface area contributed by atoms with Gasteiger partial charge >= 0.3 is 0 Å². The smallest absolute Gasteiger partial charge is 0.194 e. The van der Waals surface area contributed by atoms with Gasteiger partial charge in [0, 0.05) is 24.3 Å². The molecule has 168 valence electrons. The second-order valence-electron chi connectivity index (χ2n) is 8.35. The molecule has 0 aliphatic carbocycles. The van der Waals surface area contributed by atoms with E-state index in [-0.39, 0.29) is 5.92 Å². The van der Waals surface area contributed by atoms with E-state index in [1.54, 1.807) is 11.0 Å². The number of imidazole rings is 1. The molecule has 0 spiro atoms. The molecule has 4 aromatic rings. The molecule has 5 rings (SSSR count). The van der Waals surface area contributed by atoms with Crippen LogP contribution in [0.4, 0.5) is 13.2 Å². The number of aryl methyl sites for hydroxylation is 3. The average Bonchev–Trinajstić information content (AvgIpc) is 3.41. The Morgan fingerprint density at radius 3 is 2.52 bits per heavy atom. The summed E-state index contributed by atoms with van der Waals surface area (Å²) >= 11 is 0. The first-order valence-corrected chi connectivity index (χ1v) is 10.8. The largest absolute Gasteiger partial charge is 0.306 e. The van der Waals surface area contributed by atoms with Gasteiger partial charge in [-0.15, -0.1) is 0 Å². The van der Waals surface area contributed by atoms with Crippen molar-refractivity contribution >= 4 is 12.2 Å². The van der Waals surface area contributed by atoms with Crippen LogP contribution in [-0.2, 0) is 6.54 Å². The molecule has 0 N–H and O–H groups in total. The van der Waals surface area contributed by atoms with Crippen molar-refractivity contribution in [2.45, 2.75) is 39.2 Å². The average molecular weight is 449 g/mol. The monoisotopic (exact) mass is 449 g/mol.